The molecule has 0 aliphatic carbocycles. The molecular formula is C20H22F3N2O3+. The number of ether oxygens (including phenoxy) is 1. The minimum absolute atomic E-state index is 0.0110. The topological polar surface area (TPSA) is 72.0 Å². The number of nitrogens with two attached hydrogens (primary N) is 1. The Hall–Kier alpha value is -2.87. The Morgan fingerprint density at radius 1 is 1.00 bits per heavy atom. The van der Waals surface area contributed by atoms with Gasteiger partial charge >= 0.3 is 17.8 Å². The molecule has 8 heteroatoms. The Morgan fingerprint density at radius 3 is 2.11 bits per heavy atom. The Bertz CT molecular complexity index is 782. The van der Waals surface area contributed by atoms with Crippen LogP contribution in [-0.2, 0) is 16.0 Å². The van der Waals surface area contributed by atoms with Crippen LogP contribution in [0.2, 0.25) is 0 Å². The molecule has 0 heterocycles. The van der Waals surface area contributed by atoms with Crippen molar-refractivity contribution >= 4 is 11.9 Å². The van der Waals surface area contributed by atoms with Crippen molar-refractivity contribution < 1.29 is 32.8 Å². The minimum atomic E-state index is -5.07. The number of carbonyl (C=O) groups excluding carboxylic acids is 2. The zero-order chi connectivity index (χ0) is 20.6. The van der Waals surface area contributed by atoms with Crippen molar-refractivity contribution in [2.45, 2.75) is 25.2 Å². The smallest absolute Gasteiger partial charge is 0.460 e. The van der Waals surface area contributed by atoms with Gasteiger partial charge in [-0.05, 0) is 24.6 Å². The van der Waals surface area contributed by atoms with Gasteiger partial charge in [-0.2, -0.15) is 13.2 Å². The van der Waals surface area contributed by atoms with Crippen LogP contribution in [0.4, 0.5) is 13.2 Å². The molecule has 0 aliphatic rings. The van der Waals surface area contributed by atoms with Gasteiger partial charge in [-0.25, -0.2) is 4.79 Å². The van der Waals surface area contributed by atoms with Crippen molar-refractivity contribution in [2.24, 2.45) is 0 Å². The van der Waals surface area contributed by atoms with E-state index < -0.39 is 23.7 Å². The van der Waals surface area contributed by atoms with Crippen molar-refractivity contribution in [3.8, 4) is 0 Å². The molecule has 3 N–H and O–H groups in total. The van der Waals surface area contributed by atoms with Crippen LogP contribution in [0.1, 0.15) is 22.8 Å². The van der Waals surface area contributed by atoms with Crippen molar-refractivity contribution in [1.29, 1.82) is 0 Å². The van der Waals surface area contributed by atoms with Crippen LogP contribution >= 0.6 is 0 Å². The van der Waals surface area contributed by atoms with E-state index in [0.29, 0.717) is 0 Å². The van der Waals surface area contributed by atoms with Crippen LogP contribution in [0, 0.1) is 0 Å². The van der Waals surface area contributed by atoms with E-state index in [1.165, 1.54) is 31.2 Å². The molecule has 0 bridgehead atoms. The maximum absolute atomic E-state index is 14.0. The first-order chi connectivity index (χ1) is 13.3. The fourth-order valence-electron chi connectivity index (χ4n) is 2.67. The first-order valence-corrected chi connectivity index (χ1v) is 8.80. The van der Waals surface area contributed by atoms with Crippen molar-refractivity contribution in [1.82, 2.24) is 5.32 Å². The van der Waals surface area contributed by atoms with E-state index in [1.807, 2.05) is 5.32 Å². The van der Waals surface area contributed by atoms with Gasteiger partial charge < -0.3 is 10.1 Å². The molecule has 0 spiro atoms. The van der Waals surface area contributed by atoms with Crippen LogP contribution in [0.5, 0.6) is 0 Å². The summed E-state index contributed by atoms with van der Waals surface area (Å²) in [6, 6.07) is 16.3. The maximum Gasteiger partial charge on any atom is 0.478 e. The highest BCUT2D eigenvalue weighted by molar-refractivity contribution is 5.97. The summed E-state index contributed by atoms with van der Waals surface area (Å²) >= 11 is 0. The molecule has 150 valence electrons. The number of hydrogen-bond donors (Lipinski definition) is 2. The second kappa shape index (κ2) is 9.36. The van der Waals surface area contributed by atoms with Crippen LogP contribution in [0.3, 0.4) is 0 Å². The zero-order valence-electron chi connectivity index (χ0n) is 15.3. The highest BCUT2D eigenvalue weighted by Crippen LogP contribution is 2.27. The van der Waals surface area contributed by atoms with Gasteiger partial charge in [0.1, 0.15) is 0 Å². The predicted molar refractivity (Wildman–Crippen MR) is 96.3 cm³/mol. The Balaban J connectivity index is 2.28. The number of esters is 1. The lowest BCUT2D eigenvalue weighted by Crippen LogP contribution is -3.07. The van der Waals surface area contributed by atoms with E-state index >= 15 is 0 Å². The van der Waals surface area contributed by atoms with E-state index in [9.17, 15) is 22.8 Å². The van der Waals surface area contributed by atoms with Crippen molar-refractivity contribution in [3.05, 3.63) is 71.8 Å². The van der Waals surface area contributed by atoms with Crippen LogP contribution < -0.4 is 10.6 Å². The molecule has 2 aromatic rings. The summed E-state index contributed by atoms with van der Waals surface area (Å²) in [6.45, 7) is 1.07. The normalized spacial score (nSPS) is 13.4. The van der Waals surface area contributed by atoms with E-state index in [-0.39, 0.29) is 25.1 Å². The van der Waals surface area contributed by atoms with Gasteiger partial charge in [0.25, 0.3) is 5.91 Å². The third-order valence-electron chi connectivity index (χ3n) is 4.12. The number of amides is 1. The Labute approximate surface area is 160 Å². The monoisotopic (exact) mass is 395 g/mol. The summed E-state index contributed by atoms with van der Waals surface area (Å²) in [7, 11) is 0. The molecule has 0 aromatic heterocycles. The van der Waals surface area contributed by atoms with Gasteiger partial charge in [0.15, 0.2) is 0 Å². The molecule has 1 atom stereocenters. The summed E-state index contributed by atoms with van der Waals surface area (Å²) in [5, 5.41) is 2.64. The van der Waals surface area contributed by atoms with Crippen molar-refractivity contribution in [2.75, 3.05) is 13.2 Å². The second-order valence-corrected chi connectivity index (χ2v) is 6.07. The Morgan fingerprint density at radius 2 is 1.57 bits per heavy atom. The number of quaternary nitrogens is 1. The molecule has 28 heavy (non-hydrogen) atoms. The third kappa shape index (κ3) is 5.10. The number of carbonyl (C=O) groups is 2. The first-order valence-electron chi connectivity index (χ1n) is 8.80. The van der Waals surface area contributed by atoms with Crippen LogP contribution in [0.15, 0.2) is 60.7 Å². The van der Waals surface area contributed by atoms with E-state index in [1.54, 1.807) is 36.4 Å². The largest absolute Gasteiger partial charge is 0.478 e. The number of hydrogen-bond acceptors (Lipinski definition) is 3. The number of alkyl halides is 3. The molecule has 2 aromatic carbocycles. The molecule has 0 unspecified atom stereocenters. The first kappa shape index (κ1) is 21.4. The average molecular weight is 395 g/mol. The van der Waals surface area contributed by atoms with E-state index in [2.05, 4.69) is 4.74 Å². The lowest BCUT2D eigenvalue weighted by Gasteiger charge is -2.31. The Kier molecular flexibility index (Phi) is 7.17. The molecule has 0 saturated heterocycles. The number of benzene rings is 2. The molecule has 0 saturated carbocycles. The second-order valence-electron chi connectivity index (χ2n) is 6.07. The predicted octanol–water partition coefficient (Wildman–Crippen LogP) is 2.04. The SMILES string of the molecule is CCOC(=O)[C@@](NC(=O)c1ccccc1)([NH2+]CCc1ccccc1)C(F)(F)F. The summed E-state index contributed by atoms with van der Waals surface area (Å²) in [4.78, 5) is 24.7. The minimum Gasteiger partial charge on any atom is -0.460 e. The van der Waals surface area contributed by atoms with Crippen molar-refractivity contribution in [3.63, 3.8) is 0 Å². The lowest BCUT2D eigenvalue weighted by atomic mass is 10.1. The van der Waals surface area contributed by atoms with Crippen LogP contribution in [0.25, 0.3) is 0 Å². The maximum atomic E-state index is 14.0. The molecule has 0 radical (unpaired) electrons. The van der Waals surface area contributed by atoms with Crippen LogP contribution in [-0.4, -0.2) is 36.9 Å². The third-order valence-corrected chi connectivity index (χ3v) is 4.12. The fraction of sp³-hybridized carbons (Fsp3) is 0.300. The molecule has 0 fully saturated rings. The highest BCUT2D eigenvalue weighted by atomic mass is 19.4. The molecular weight excluding hydrogens is 373 g/mol. The summed E-state index contributed by atoms with van der Waals surface area (Å²) in [5.74, 6) is -2.57. The molecule has 1 amide bonds. The van der Waals surface area contributed by atoms with E-state index in [0.717, 1.165) is 10.9 Å². The zero-order valence-corrected chi connectivity index (χ0v) is 15.3. The molecule has 0 aliphatic heterocycles. The van der Waals surface area contributed by atoms with Gasteiger partial charge in [0.05, 0.1) is 13.2 Å². The van der Waals surface area contributed by atoms with Gasteiger partial charge in [0.2, 0.25) is 0 Å². The van der Waals surface area contributed by atoms with Gasteiger partial charge in [0, 0.05) is 12.0 Å². The highest BCUT2D eigenvalue weighted by Gasteiger charge is 2.67. The van der Waals surface area contributed by atoms with Gasteiger partial charge in [-0.3, -0.25) is 10.1 Å². The van der Waals surface area contributed by atoms with E-state index in [4.69, 9.17) is 0 Å². The summed E-state index contributed by atoms with van der Waals surface area (Å²) < 4.78 is 46.7. The standard InChI is InChI=1S/C20H21F3N2O3/c1-2-28-18(27)19(20(21,22)23,24-14-13-15-9-5-3-6-10-15)25-17(26)16-11-7-4-8-12-16/h3-12,24H,2,13-14H2,1H3,(H,25,26)/p+1/t19-/m0/s1. The number of rotatable bonds is 8. The molecule has 2 rings (SSSR count). The summed E-state index contributed by atoms with van der Waals surface area (Å²) in [6.07, 6.45) is -4.79. The summed E-state index contributed by atoms with van der Waals surface area (Å²) in [5.41, 5.74) is -2.41. The fourth-order valence-corrected chi connectivity index (χ4v) is 2.67. The van der Waals surface area contributed by atoms with Gasteiger partial charge in [-0.1, -0.05) is 48.5 Å². The van der Waals surface area contributed by atoms with Gasteiger partial charge in [-0.15, -0.1) is 0 Å². The molecule has 5 nitrogen and oxygen atoms in total. The average Bonchev–Trinajstić information content (AvgIpc) is 2.67. The lowest BCUT2D eigenvalue weighted by molar-refractivity contribution is -0.743. The quantitative estimate of drug-likeness (QED) is 0.531. The number of halogens is 3. The number of nitrogens with one attached hydrogen (secondary N) is 1.